The van der Waals surface area contributed by atoms with E-state index in [9.17, 15) is 4.79 Å². The van der Waals surface area contributed by atoms with Gasteiger partial charge in [0.15, 0.2) is 0 Å². The summed E-state index contributed by atoms with van der Waals surface area (Å²) >= 11 is 5.90. The molecule has 0 aromatic carbocycles. The standard InChI is InChI=1S/C12H20ClNO/c1-8-5-11(8)12(15)14-7-10-4-2-3-9(10)6-13/h8-11H,2-7H2,1H3,(H,14,15). The molecule has 15 heavy (non-hydrogen) atoms. The Morgan fingerprint density at radius 2 is 2.07 bits per heavy atom. The number of alkyl halides is 1. The average molecular weight is 230 g/mol. The third-order valence-electron chi connectivity index (χ3n) is 4.00. The first kappa shape index (κ1) is 11.3. The lowest BCUT2D eigenvalue weighted by Gasteiger charge is -2.17. The van der Waals surface area contributed by atoms with Crippen molar-refractivity contribution in [1.29, 1.82) is 0 Å². The van der Waals surface area contributed by atoms with Crippen LogP contribution in [0.15, 0.2) is 0 Å². The molecule has 0 radical (unpaired) electrons. The summed E-state index contributed by atoms with van der Waals surface area (Å²) in [7, 11) is 0. The second-order valence-corrected chi connectivity index (χ2v) is 5.48. The van der Waals surface area contributed by atoms with Gasteiger partial charge >= 0.3 is 0 Å². The second-order valence-electron chi connectivity index (χ2n) is 5.17. The number of halogens is 1. The Labute approximate surface area is 96.8 Å². The van der Waals surface area contributed by atoms with Crippen LogP contribution in [0.25, 0.3) is 0 Å². The highest BCUT2D eigenvalue weighted by Gasteiger charge is 2.39. The van der Waals surface area contributed by atoms with E-state index in [-0.39, 0.29) is 5.91 Å². The molecule has 2 aliphatic carbocycles. The minimum atomic E-state index is 0.266. The van der Waals surface area contributed by atoms with Gasteiger partial charge in [-0.2, -0.15) is 0 Å². The van der Waals surface area contributed by atoms with Crippen LogP contribution in [0, 0.1) is 23.7 Å². The van der Waals surface area contributed by atoms with E-state index < -0.39 is 0 Å². The Balaban J connectivity index is 1.70. The van der Waals surface area contributed by atoms with Crippen LogP contribution in [0.2, 0.25) is 0 Å². The van der Waals surface area contributed by atoms with Crippen molar-refractivity contribution in [3.63, 3.8) is 0 Å². The van der Waals surface area contributed by atoms with Gasteiger partial charge in [-0.3, -0.25) is 4.79 Å². The molecule has 1 amide bonds. The van der Waals surface area contributed by atoms with E-state index in [0.717, 1.165) is 18.8 Å². The van der Waals surface area contributed by atoms with Crippen LogP contribution in [-0.4, -0.2) is 18.3 Å². The Morgan fingerprint density at radius 3 is 2.67 bits per heavy atom. The van der Waals surface area contributed by atoms with Gasteiger partial charge in [0.25, 0.3) is 0 Å². The van der Waals surface area contributed by atoms with Gasteiger partial charge in [0, 0.05) is 18.3 Å². The molecule has 2 aliphatic rings. The largest absolute Gasteiger partial charge is 0.356 e. The van der Waals surface area contributed by atoms with Gasteiger partial charge in [0.1, 0.15) is 0 Å². The molecule has 2 rings (SSSR count). The summed E-state index contributed by atoms with van der Waals surface area (Å²) < 4.78 is 0. The van der Waals surface area contributed by atoms with E-state index in [1.54, 1.807) is 0 Å². The van der Waals surface area contributed by atoms with Crippen molar-refractivity contribution in [2.24, 2.45) is 23.7 Å². The zero-order valence-electron chi connectivity index (χ0n) is 9.34. The topological polar surface area (TPSA) is 29.1 Å². The van der Waals surface area contributed by atoms with Crippen LogP contribution in [-0.2, 0) is 4.79 Å². The third kappa shape index (κ3) is 2.66. The zero-order chi connectivity index (χ0) is 10.8. The van der Waals surface area contributed by atoms with Crippen LogP contribution in [0.4, 0.5) is 0 Å². The number of hydrogen-bond acceptors (Lipinski definition) is 1. The van der Waals surface area contributed by atoms with Crippen LogP contribution >= 0.6 is 11.6 Å². The molecule has 2 saturated carbocycles. The molecule has 3 heteroatoms. The van der Waals surface area contributed by atoms with Gasteiger partial charge in [0.05, 0.1) is 0 Å². The summed E-state index contributed by atoms with van der Waals surface area (Å²) in [5.41, 5.74) is 0. The van der Waals surface area contributed by atoms with Gasteiger partial charge in [-0.1, -0.05) is 13.3 Å². The number of rotatable bonds is 4. The molecular weight excluding hydrogens is 210 g/mol. The fourth-order valence-corrected chi connectivity index (χ4v) is 3.04. The molecule has 0 heterocycles. The first-order valence-electron chi connectivity index (χ1n) is 6.06. The predicted molar refractivity (Wildman–Crippen MR) is 61.8 cm³/mol. The van der Waals surface area contributed by atoms with Gasteiger partial charge in [-0.15, -0.1) is 11.6 Å². The minimum Gasteiger partial charge on any atom is -0.356 e. The molecule has 86 valence electrons. The lowest BCUT2D eigenvalue weighted by atomic mass is 9.98. The first-order chi connectivity index (χ1) is 7.22. The van der Waals surface area contributed by atoms with Crippen molar-refractivity contribution in [3.05, 3.63) is 0 Å². The van der Waals surface area contributed by atoms with Crippen molar-refractivity contribution in [1.82, 2.24) is 5.32 Å². The summed E-state index contributed by atoms with van der Waals surface area (Å²) in [6.07, 6.45) is 4.83. The Hall–Kier alpha value is -0.240. The molecular formula is C12H20ClNO. The molecule has 4 atom stereocenters. The number of amides is 1. The van der Waals surface area contributed by atoms with Crippen molar-refractivity contribution >= 4 is 17.5 Å². The predicted octanol–water partition coefficient (Wildman–Crippen LogP) is 2.41. The molecule has 4 unspecified atom stereocenters. The Bertz CT molecular complexity index is 244. The lowest BCUT2D eigenvalue weighted by Crippen LogP contribution is -2.32. The molecule has 2 fully saturated rings. The molecule has 0 aromatic heterocycles. The van der Waals surface area contributed by atoms with Crippen LogP contribution < -0.4 is 5.32 Å². The van der Waals surface area contributed by atoms with Gasteiger partial charge < -0.3 is 5.32 Å². The van der Waals surface area contributed by atoms with Gasteiger partial charge in [0.2, 0.25) is 5.91 Å². The molecule has 0 aromatic rings. The number of hydrogen-bond donors (Lipinski definition) is 1. The SMILES string of the molecule is CC1CC1C(=O)NCC1CCCC1CCl. The maximum Gasteiger partial charge on any atom is 0.223 e. The maximum absolute atomic E-state index is 11.6. The van der Waals surface area contributed by atoms with Crippen LogP contribution in [0.3, 0.4) is 0 Å². The maximum atomic E-state index is 11.6. The quantitative estimate of drug-likeness (QED) is 0.738. The zero-order valence-corrected chi connectivity index (χ0v) is 10.1. The highest BCUT2D eigenvalue weighted by atomic mass is 35.5. The second kappa shape index (κ2) is 4.73. The smallest absolute Gasteiger partial charge is 0.223 e. The van der Waals surface area contributed by atoms with Crippen molar-refractivity contribution < 1.29 is 4.79 Å². The molecule has 0 spiro atoms. The van der Waals surface area contributed by atoms with Gasteiger partial charge in [-0.25, -0.2) is 0 Å². The monoisotopic (exact) mass is 229 g/mol. The Kier molecular flexibility index (Phi) is 3.55. The average Bonchev–Trinajstić information content (AvgIpc) is 2.81. The van der Waals surface area contributed by atoms with Crippen LogP contribution in [0.1, 0.15) is 32.6 Å². The van der Waals surface area contributed by atoms with Crippen molar-refractivity contribution in [2.75, 3.05) is 12.4 Å². The molecule has 2 nitrogen and oxygen atoms in total. The molecule has 1 N–H and O–H groups in total. The Morgan fingerprint density at radius 1 is 1.40 bits per heavy atom. The van der Waals surface area contributed by atoms with E-state index in [4.69, 9.17) is 11.6 Å². The first-order valence-corrected chi connectivity index (χ1v) is 6.59. The number of carbonyl (C=O) groups is 1. The summed E-state index contributed by atoms with van der Waals surface area (Å²) in [6.45, 7) is 2.99. The number of nitrogens with one attached hydrogen (secondary N) is 1. The minimum absolute atomic E-state index is 0.266. The fourth-order valence-electron chi connectivity index (χ4n) is 2.64. The summed E-state index contributed by atoms with van der Waals surface area (Å²) in [6, 6.07) is 0. The summed E-state index contributed by atoms with van der Waals surface area (Å²) in [4.78, 5) is 11.6. The number of carbonyl (C=O) groups excluding carboxylic acids is 1. The highest BCUT2D eigenvalue weighted by Crippen LogP contribution is 2.38. The van der Waals surface area contributed by atoms with Gasteiger partial charge in [-0.05, 0) is 37.0 Å². The lowest BCUT2D eigenvalue weighted by molar-refractivity contribution is -0.122. The van der Waals surface area contributed by atoms with Crippen LogP contribution in [0.5, 0.6) is 0 Å². The van der Waals surface area contributed by atoms with E-state index >= 15 is 0 Å². The normalized spacial score (nSPS) is 39.1. The molecule has 0 saturated heterocycles. The summed E-state index contributed by atoms with van der Waals surface area (Å²) in [5.74, 6) is 3.19. The summed E-state index contributed by atoms with van der Waals surface area (Å²) in [5, 5.41) is 3.08. The van der Waals surface area contributed by atoms with E-state index in [0.29, 0.717) is 23.7 Å². The third-order valence-corrected chi connectivity index (χ3v) is 4.40. The molecule has 0 bridgehead atoms. The molecule has 0 aliphatic heterocycles. The van der Waals surface area contributed by atoms with E-state index in [1.807, 2.05) is 0 Å². The van der Waals surface area contributed by atoms with Crippen molar-refractivity contribution in [2.45, 2.75) is 32.6 Å². The van der Waals surface area contributed by atoms with E-state index in [2.05, 4.69) is 12.2 Å². The van der Waals surface area contributed by atoms with E-state index in [1.165, 1.54) is 19.3 Å². The van der Waals surface area contributed by atoms with Crippen molar-refractivity contribution in [3.8, 4) is 0 Å². The highest BCUT2D eigenvalue weighted by molar-refractivity contribution is 6.18. The fraction of sp³-hybridized carbons (Fsp3) is 0.917.